The van der Waals surface area contributed by atoms with Gasteiger partial charge in [0.25, 0.3) is 11.8 Å². The standard InChI is InChI=1S/C16H14BrFN2O2/c1-20(2)16(22)10-4-3-5-12(8-10)19-15(21)13-7-6-11(18)9-14(13)17/h3-9H,1-2H3,(H,19,21). The first kappa shape index (κ1) is 16.2. The highest BCUT2D eigenvalue weighted by Gasteiger charge is 2.13. The van der Waals surface area contributed by atoms with Crippen LogP contribution in [0, 0.1) is 5.82 Å². The average Bonchev–Trinajstić information content (AvgIpc) is 2.46. The number of hydrogen-bond donors (Lipinski definition) is 1. The minimum absolute atomic E-state index is 0.154. The Bertz CT molecular complexity index is 732. The van der Waals surface area contributed by atoms with Crippen molar-refractivity contribution in [1.29, 1.82) is 0 Å². The summed E-state index contributed by atoms with van der Waals surface area (Å²) in [6.45, 7) is 0. The number of anilines is 1. The SMILES string of the molecule is CN(C)C(=O)c1cccc(NC(=O)c2ccc(F)cc2Br)c1. The number of carbonyl (C=O) groups is 2. The highest BCUT2D eigenvalue weighted by molar-refractivity contribution is 9.10. The Morgan fingerprint density at radius 3 is 2.50 bits per heavy atom. The van der Waals surface area contributed by atoms with Crippen molar-refractivity contribution < 1.29 is 14.0 Å². The summed E-state index contributed by atoms with van der Waals surface area (Å²) >= 11 is 3.16. The molecule has 0 spiro atoms. The molecule has 0 fully saturated rings. The van der Waals surface area contributed by atoms with E-state index in [4.69, 9.17) is 0 Å². The highest BCUT2D eigenvalue weighted by atomic mass is 79.9. The Kier molecular flexibility index (Phi) is 4.92. The summed E-state index contributed by atoms with van der Waals surface area (Å²) in [4.78, 5) is 25.6. The van der Waals surface area contributed by atoms with Crippen LogP contribution in [0.3, 0.4) is 0 Å². The fraction of sp³-hybridized carbons (Fsp3) is 0.125. The zero-order valence-corrected chi connectivity index (χ0v) is 13.6. The van der Waals surface area contributed by atoms with Gasteiger partial charge in [-0.25, -0.2) is 4.39 Å². The topological polar surface area (TPSA) is 49.4 Å². The van der Waals surface area contributed by atoms with Gasteiger partial charge in [0.1, 0.15) is 5.82 Å². The van der Waals surface area contributed by atoms with E-state index in [9.17, 15) is 14.0 Å². The molecule has 4 nitrogen and oxygen atoms in total. The highest BCUT2D eigenvalue weighted by Crippen LogP contribution is 2.20. The van der Waals surface area contributed by atoms with Crippen molar-refractivity contribution in [2.45, 2.75) is 0 Å². The van der Waals surface area contributed by atoms with Gasteiger partial charge < -0.3 is 10.2 Å². The molecule has 0 atom stereocenters. The Balaban J connectivity index is 2.22. The van der Waals surface area contributed by atoms with Crippen LogP contribution >= 0.6 is 15.9 Å². The largest absolute Gasteiger partial charge is 0.345 e. The molecule has 0 saturated heterocycles. The summed E-state index contributed by atoms with van der Waals surface area (Å²) in [5.41, 5.74) is 1.28. The van der Waals surface area contributed by atoms with E-state index < -0.39 is 5.82 Å². The van der Waals surface area contributed by atoms with E-state index in [1.165, 1.54) is 23.1 Å². The third kappa shape index (κ3) is 3.71. The number of benzene rings is 2. The molecule has 114 valence electrons. The fourth-order valence-electron chi connectivity index (χ4n) is 1.86. The summed E-state index contributed by atoms with van der Waals surface area (Å²) in [6, 6.07) is 10.5. The number of rotatable bonds is 3. The Labute approximate surface area is 136 Å². The molecule has 2 aromatic rings. The maximum atomic E-state index is 13.1. The molecule has 0 unspecified atom stereocenters. The molecule has 0 bridgehead atoms. The van der Waals surface area contributed by atoms with Gasteiger partial charge in [0.2, 0.25) is 0 Å². The second-order valence-electron chi connectivity index (χ2n) is 4.86. The Hall–Kier alpha value is -2.21. The van der Waals surface area contributed by atoms with Crippen molar-refractivity contribution in [2.75, 3.05) is 19.4 Å². The lowest BCUT2D eigenvalue weighted by Gasteiger charge is -2.12. The van der Waals surface area contributed by atoms with Crippen LogP contribution in [-0.4, -0.2) is 30.8 Å². The van der Waals surface area contributed by atoms with Gasteiger partial charge in [0, 0.05) is 29.8 Å². The normalized spacial score (nSPS) is 10.2. The van der Waals surface area contributed by atoms with Gasteiger partial charge in [-0.1, -0.05) is 6.07 Å². The number of halogens is 2. The predicted octanol–water partition coefficient (Wildman–Crippen LogP) is 3.54. The summed E-state index contributed by atoms with van der Waals surface area (Å²) in [6.07, 6.45) is 0. The van der Waals surface area contributed by atoms with E-state index in [2.05, 4.69) is 21.2 Å². The van der Waals surface area contributed by atoms with E-state index in [0.717, 1.165) is 0 Å². The summed E-state index contributed by atoms with van der Waals surface area (Å²) in [7, 11) is 3.31. The first-order valence-corrected chi connectivity index (χ1v) is 7.26. The molecule has 0 aliphatic rings. The van der Waals surface area contributed by atoms with E-state index in [-0.39, 0.29) is 11.8 Å². The van der Waals surface area contributed by atoms with Crippen LogP contribution in [-0.2, 0) is 0 Å². The molecule has 2 amide bonds. The van der Waals surface area contributed by atoms with Crippen molar-refractivity contribution in [3.8, 4) is 0 Å². The molecule has 0 saturated carbocycles. The van der Waals surface area contributed by atoms with E-state index in [1.807, 2.05) is 0 Å². The van der Waals surface area contributed by atoms with E-state index in [0.29, 0.717) is 21.3 Å². The first-order valence-electron chi connectivity index (χ1n) is 6.46. The molecule has 6 heteroatoms. The van der Waals surface area contributed by atoms with Crippen LogP contribution in [0.15, 0.2) is 46.9 Å². The second-order valence-corrected chi connectivity index (χ2v) is 5.71. The number of nitrogens with zero attached hydrogens (tertiary/aromatic N) is 1. The molecule has 0 aliphatic heterocycles. The molecule has 22 heavy (non-hydrogen) atoms. The summed E-state index contributed by atoms with van der Waals surface area (Å²) in [5.74, 6) is -0.970. The third-order valence-electron chi connectivity index (χ3n) is 2.95. The van der Waals surface area contributed by atoms with Crippen LogP contribution in [0.25, 0.3) is 0 Å². The zero-order chi connectivity index (χ0) is 16.3. The minimum atomic E-state index is -0.429. The van der Waals surface area contributed by atoms with Crippen LogP contribution < -0.4 is 5.32 Å². The van der Waals surface area contributed by atoms with E-state index in [1.54, 1.807) is 38.4 Å². The first-order chi connectivity index (χ1) is 10.4. The van der Waals surface area contributed by atoms with Crippen molar-refractivity contribution in [3.63, 3.8) is 0 Å². The zero-order valence-electron chi connectivity index (χ0n) is 12.1. The Morgan fingerprint density at radius 1 is 1.14 bits per heavy atom. The maximum Gasteiger partial charge on any atom is 0.256 e. The molecular formula is C16H14BrFN2O2. The number of amides is 2. The van der Waals surface area contributed by atoms with Crippen LogP contribution in [0.2, 0.25) is 0 Å². The van der Waals surface area contributed by atoms with Gasteiger partial charge >= 0.3 is 0 Å². The van der Waals surface area contributed by atoms with Gasteiger partial charge in [-0.05, 0) is 52.3 Å². The molecule has 0 aromatic heterocycles. The molecule has 0 aliphatic carbocycles. The lowest BCUT2D eigenvalue weighted by atomic mass is 10.1. The quantitative estimate of drug-likeness (QED) is 0.905. The number of hydrogen-bond acceptors (Lipinski definition) is 2. The second kappa shape index (κ2) is 6.70. The average molecular weight is 365 g/mol. The minimum Gasteiger partial charge on any atom is -0.345 e. The lowest BCUT2D eigenvalue weighted by Crippen LogP contribution is -2.22. The van der Waals surface area contributed by atoms with Crippen LogP contribution in [0.4, 0.5) is 10.1 Å². The Morgan fingerprint density at radius 2 is 1.86 bits per heavy atom. The van der Waals surface area contributed by atoms with Crippen molar-refractivity contribution in [1.82, 2.24) is 4.90 Å². The molecule has 0 heterocycles. The van der Waals surface area contributed by atoms with Gasteiger partial charge in [-0.15, -0.1) is 0 Å². The smallest absolute Gasteiger partial charge is 0.256 e. The van der Waals surface area contributed by atoms with Crippen molar-refractivity contribution >= 4 is 33.4 Å². The monoisotopic (exact) mass is 364 g/mol. The number of nitrogens with one attached hydrogen (secondary N) is 1. The summed E-state index contributed by atoms with van der Waals surface area (Å²) < 4.78 is 13.4. The van der Waals surface area contributed by atoms with Crippen molar-refractivity contribution in [3.05, 3.63) is 63.9 Å². The van der Waals surface area contributed by atoms with Crippen molar-refractivity contribution in [2.24, 2.45) is 0 Å². The van der Waals surface area contributed by atoms with Gasteiger partial charge in [0.15, 0.2) is 0 Å². The molecular weight excluding hydrogens is 351 g/mol. The maximum absolute atomic E-state index is 13.1. The van der Waals surface area contributed by atoms with Gasteiger partial charge in [-0.3, -0.25) is 9.59 Å². The summed E-state index contributed by atoms with van der Waals surface area (Å²) in [5, 5.41) is 2.69. The molecule has 2 rings (SSSR count). The van der Waals surface area contributed by atoms with Gasteiger partial charge in [-0.2, -0.15) is 0 Å². The van der Waals surface area contributed by atoms with Gasteiger partial charge in [0.05, 0.1) is 5.56 Å². The molecule has 1 N–H and O–H groups in total. The van der Waals surface area contributed by atoms with Crippen LogP contribution in [0.1, 0.15) is 20.7 Å². The lowest BCUT2D eigenvalue weighted by molar-refractivity contribution is 0.0827. The molecule has 2 aromatic carbocycles. The fourth-order valence-corrected chi connectivity index (χ4v) is 2.39. The number of carbonyl (C=O) groups excluding carboxylic acids is 2. The van der Waals surface area contributed by atoms with E-state index >= 15 is 0 Å². The third-order valence-corrected chi connectivity index (χ3v) is 3.61. The molecule has 0 radical (unpaired) electrons. The van der Waals surface area contributed by atoms with Crippen LogP contribution in [0.5, 0.6) is 0 Å². The predicted molar refractivity (Wildman–Crippen MR) is 86.5 cm³/mol.